The first-order valence-corrected chi connectivity index (χ1v) is 11.9. The third-order valence-electron chi connectivity index (χ3n) is 6.24. The van der Waals surface area contributed by atoms with E-state index in [4.69, 9.17) is 9.47 Å². The molecular weight excluding hydrogens is 434 g/mol. The summed E-state index contributed by atoms with van der Waals surface area (Å²) >= 11 is 1.55. The zero-order valence-corrected chi connectivity index (χ0v) is 19.5. The highest BCUT2D eigenvalue weighted by Crippen LogP contribution is 2.47. The summed E-state index contributed by atoms with van der Waals surface area (Å²) in [5, 5.41) is 0. The number of rotatable bonds is 5. The van der Waals surface area contributed by atoms with E-state index >= 15 is 0 Å². The molecule has 2 aliphatic rings. The molecule has 33 heavy (non-hydrogen) atoms. The summed E-state index contributed by atoms with van der Waals surface area (Å²) in [6.07, 6.45) is 0. The molecule has 3 aromatic rings. The molecule has 1 saturated heterocycles. The monoisotopic (exact) mass is 459 g/mol. The molecule has 0 bridgehead atoms. The van der Waals surface area contributed by atoms with Gasteiger partial charge in [-0.1, -0.05) is 42.1 Å². The van der Waals surface area contributed by atoms with Crippen LogP contribution < -0.4 is 4.74 Å². The van der Waals surface area contributed by atoms with E-state index in [1.165, 1.54) is 0 Å². The van der Waals surface area contributed by atoms with Crippen molar-refractivity contribution in [1.29, 1.82) is 0 Å². The van der Waals surface area contributed by atoms with E-state index in [1.54, 1.807) is 17.8 Å². The maximum Gasteiger partial charge on any atom is 0.193 e. The molecule has 0 aliphatic carbocycles. The molecule has 6 heteroatoms. The fourth-order valence-electron chi connectivity index (χ4n) is 4.24. The van der Waals surface area contributed by atoms with E-state index in [1.807, 2.05) is 74.5 Å². The molecule has 168 valence electrons. The second-order valence-corrected chi connectivity index (χ2v) is 9.79. The number of Topliss-reactive ketones (excluding diaryl/α,β-unsaturated/α-hetero) is 1. The Labute approximate surface area is 197 Å². The molecule has 2 aliphatic heterocycles. The minimum Gasteiger partial charge on any atom is -0.455 e. The molecule has 0 amide bonds. The van der Waals surface area contributed by atoms with Crippen molar-refractivity contribution in [2.24, 2.45) is 0 Å². The summed E-state index contributed by atoms with van der Waals surface area (Å²) in [5.41, 5.74) is 1.29. The number of carbonyl (C=O) groups is 2. The summed E-state index contributed by atoms with van der Waals surface area (Å²) in [7, 11) is 0. The zero-order chi connectivity index (χ0) is 23.0. The van der Waals surface area contributed by atoms with Gasteiger partial charge in [0.15, 0.2) is 11.6 Å². The fourth-order valence-corrected chi connectivity index (χ4v) is 5.21. The normalized spacial score (nSPS) is 15.8. The number of nitrogens with zero attached hydrogens (tertiary/aromatic N) is 1. The molecule has 0 radical (unpaired) electrons. The Hall–Kier alpha value is -2.93. The number of benzene rings is 3. The van der Waals surface area contributed by atoms with Gasteiger partial charge in [0, 0.05) is 29.8 Å². The minimum atomic E-state index is -0.621. The van der Waals surface area contributed by atoms with E-state index in [0.717, 1.165) is 22.9 Å². The third-order valence-corrected chi connectivity index (χ3v) is 7.34. The van der Waals surface area contributed by atoms with Crippen LogP contribution in [-0.4, -0.2) is 48.3 Å². The molecule has 2 heterocycles. The average molecular weight is 460 g/mol. The first-order chi connectivity index (χ1) is 15.9. The van der Waals surface area contributed by atoms with E-state index in [2.05, 4.69) is 4.90 Å². The van der Waals surface area contributed by atoms with E-state index in [-0.39, 0.29) is 11.6 Å². The van der Waals surface area contributed by atoms with Gasteiger partial charge >= 0.3 is 0 Å². The second-order valence-electron chi connectivity index (χ2n) is 8.71. The molecule has 0 N–H and O–H groups in total. The highest BCUT2D eigenvalue weighted by Gasteiger charge is 2.36. The summed E-state index contributed by atoms with van der Waals surface area (Å²) < 4.78 is 11.6. The van der Waals surface area contributed by atoms with E-state index in [0.29, 0.717) is 41.4 Å². The second kappa shape index (κ2) is 8.78. The Bertz CT molecular complexity index is 1220. The van der Waals surface area contributed by atoms with Crippen molar-refractivity contribution in [1.82, 2.24) is 4.90 Å². The maximum atomic E-state index is 13.4. The Morgan fingerprint density at radius 3 is 2.30 bits per heavy atom. The van der Waals surface area contributed by atoms with Gasteiger partial charge in [0.2, 0.25) is 0 Å². The summed E-state index contributed by atoms with van der Waals surface area (Å²) in [6.45, 7) is 6.71. The van der Waals surface area contributed by atoms with Crippen molar-refractivity contribution in [2.45, 2.75) is 29.2 Å². The lowest BCUT2D eigenvalue weighted by Crippen LogP contribution is -2.54. The lowest BCUT2D eigenvalue weighted by molar-refractivity contribution is -0.00431. The van der Waals surface area contributed by atoms with Gasteiger partial charge in [-0.25, -0.2) is 0 Å². The van der Waals surface area contributed by atoms with E-state index < -0.39 is 5.54 Å². The van der Waals surface area contributed by atoms with Gasteiger partial charge < -0.3 is 9.47 Å². The van der Waals surface area contributed by atoms with Crippen LogP contribution in [0.1, 0.15) is 40.1 Å². The van der Waals surface area contributed by atoms with Gasteiger partial charge in [-0.15, -0.1) is 0 Å². The molecule has 0 spiro atoms. The maximum absolute atomic E-state index is 13.4. The standard InChI is InChI=1S/C27H25NO4S/c1-27(2,28-12-14-31-15-13-28)26(30)20-9-11-23-22(16-20)32-21-10-8-19(17-24(21)33-23)25(29)18-6-4-3-5-7-18/h3-11,16-17H,12-15H2,1-2H3. The Morgan fingerprint density at radius 2 is 1.55 bits per heavy atom. The van der Waals surface area contributed by atoms with Crippen LogP contribution in [0.25, 0.3) is 0 Å². The molecule has 0 unspecified atom stereocenters. The van der Waals surface area contributed by atoms with E-state index in [9.17, 15) is 9.59 Å². The predicted molar refractivity (Wildman–Crippen MR) is 128 cm³/mol. The van der Waals surface area contributed by atoms with Crippen molar-refractivity contribution < 1.29 is 19.1 Å². The molecule has 5 rings (SSSR count). The average Bonchev–Trinajstić information content (AvgIpc) is 2.87. The number of hydrogen-bond acceptors (Lipinski definition) is 6. The Morgan fingerprint density at radius 1 is 0.818 bits per heavy atom. The largest absolute Gasteiger partial charge is 0.455 e. The number of ketones is 2. The van der Waals surface area contributed by atoms with Crippen molar-refractivity contribution >= 4 is 23.3 Å². The number of fused-ring (bicyclic) bond motifs is 2. The van der Waals surface area contributed by atoms with Gasteiger partial charge in [-0.3, -0.25) is 14.5 Å². The van der Waals surface area contributed by atoms with Crippen molar-refractivity contribution in [2.75, 3.05) is 26.3 Å². The highest BCUT2D eigenvalue weighted by molar-refractivity contribution is 7.99. The van der Waals surface area contributed by atoms with Crippen LogP contribution in [0.3, 0.4) is 0 Å². The number of carbonyl (C=O) groups excluding carboxylic acids is 2. The van der Waals surface area contributed by atoms with Crippen LogP contribution in [0.2, 0.25) is 0 Å². The van der Waals surface area contributed by atoms with Gasteiger partial charge in [0.1, 0.15) is 11.5 Å². The molecule has 0 saturated carbocycles. The van der Waals surface area contributed by atoms with Crippen molar-refractivity contribution in [3.63, 3.8) is 0 Å². The van der Waals surface area contributed by atoms with Gasteiger partial charge in [-0.2, -0.15) is 0 Å². The van der Waals surface area contributed by atoms with Crippen LogP contribution in [0.4, 0.5) is 0 Å². The number of hydrogen-bond donors (Lipinski definition) is 0. The van der Waals surface area contributed by atoms with Crippen LogP contribution in [0.15, 0.2) is 76.5 Å². The topological polar surface area (TPSA) is 55.8 Å². The van der Waals surface area contributed by atoms with Gasteiger partial charge in [0.25, 0.3) is 0 Å². The van der Waals surface area contributed by atoms with Crippen LogP contribution >= 0.6 is 11.8 Å². The molecule has 0 aromatic heterocycles. The highest BCUT2D eigenvalue weighted by atomic mass is 32.2. The molecule has 3 aromatic carbocycles. The summed E-state index contributed by atoms with van der Waals surface area (Å²) in [6, 6.07) is 20.4. The smallest absolute Gasteiger partial charge is 0.193 e. The quantitative estimate of drug-likeness (QED) is 0.369. The Kier molecular flexibility index (Phi) is 5.83. The summed E-state index contributed by atoms with van der Waals surface area (Å²) in [5.74, 6) is 1.40. The van der Waals surface area contributed by atoms with Crippen molar-refractivity contribution in [3.8, 4) is 11.5 Å². The molecular formula is C27H25NO4S. The number of ether oxygens (including phenoxy) is 2. The zero-order valence-electron chi connectivity index (χ0n) is 18.7. The number of morpholine rings is 1. The molecule has 1 fully saturated rings. The third kappa shape index (κ3) is 4.22. The Balaban J connectivity index is 1.38. The van der Waals surface area contributed by atoms with Crippen LogP contribution in [-0.2, 0) is 4.74 Å². The van der Waals surface area contributed by atoms with Crippen molar-refractivity contribution in [3.05, 3.63) is 83.4 Å². The van der Waals surface area contributed by atoms with Crippen LogP contribution in [0, 0.1) is 0 Å². The minimum absolute atomic E-state index is 0.0175. The first-order valence-electron chi connectivity index (χ1n) is 11.0. The lowest BCUT2D eigenvalue weighted by Gasteiger charge is -2.39. The summed E-state index contributed by atoms with van der Waals surface area (Å²) in [4.78, 5) is 30.2. The molecule has 0 atom stereocenters. The lowest BCUT2D eigenvalue weighted by atomic mass is 9.90. The first kappa shape index (κ1) is 21.9. The van der Waals surface area contributed by atoms with Gasteiger partial charge in [-0.05, 0) is 50.2 Å². The fraction of sp³-hybridized carbons (Fsp3) is 0.259. The SMILES string of the molecule is CC(C)(C(=O)c1ccc2c(c1)Oc1ccc(C(=O)c3ccccc3)cc1S2)N1CCOCC1. The molecule has 5 nitrogen and oxygen atoms in total. The predicted octanol–water partition coefficient (Wildman–Crippen LogP) is 5.47. The van der Waals surface area contributed by atoms with Gasteiger partial charge in [0.05, 0.1) is 28.5 Å². The van der Waals surface area contributed by atoms with Crippen LogP contribution in [0.5, 0.6) is 11.5 Å².